The molecular formula is C17H19Cl2FIN3O. The van der Waals surface area contributed by atoms with Crippen molar-refractivity contribution >= 4 is 53.1 Å². The number of benzene rings is 2. The van der Waals surface area contributed by atoms with Crippen molar-refractivity contribution in [3.05, 3.63) is 69.0 Å². The van der Waals surface area contributed by atoms with E-state index in [9.17, 15) is 4.39 Å². The molecule has 0 fully saturated rings. The number of aliphatic hydroxyl groups is 1. The van der Waals surface area contributed by atoms with E-state index in [0.29, 0.717) is 10.0 Å². The van der Waals surface area contributed by atoms with Gasteiger partial charge in [-0.2, -0.15) is 0 Å². The molecule has 4 nitrogen and oxygen atoms in total. The van der Waals surface area contributed by atoms with E-state index in [0.717, 1.165) is 11.1 Å². The van der Waals surface area contributed by atoms with Crippen molar-refractivity contribution in [3.63, 3.8) is 0 Å². The van der Waals surface area contributed by atoms with Crippen molar-refractivity contribution in [1.82, 2.24) is 5.32 Å². The lowest BCUT2D eigenvalue weighted by Crippen LogP contribution is -2.34. The van der Waals surface area contributed by atoms with Gasteiger partial charge in [0.25, 0.3) is 0 Å². The van der Waals surface area contributed by atoms with Gasteiger partial charge in [0.2, 0.25) is 0 Å². The van der Waals surface area contributed by atoms with Crippen LogP contribution in [0.25, 0.3) is 0 Å². The van der Waals surface area contributed by atoms with Gasteiger partial charge in [0.15, 0.2) is 5.96 Å². The van der Waals surface area contributed by atoms with E-state index in [1.54, 1.807) is 24.3 Å². The Kier molecular flexibility index (Phi) is 8.92. The van der Waals surface area contributed by atoms with E-state index in [2.05, 4.69) is 10.3 Å². The maximum atomic E-state index is 13.3. The Hall–Kier alpha value is -1.09. The summed E-state index contributed by atoms with van der Waals surface area (Å²) in [7, 11) is 0. The topological polar surface area (TPSA) is 70.6 Å². The maximum Gasteiger partial charge on any atom is 0.189 e. The summed E-state index contributed by atoms with van der Waals surface area (Å²) in [6, 6.07) is 9.55. The first kappa shape index (κ1) is 22.0. The second kappa shape index (κ2) is 10.2. The van der Waals surface area contributed by atoms with E-state index in [1.165, 1.54) is 6.07 Å². The van der Waals surface area contributed by atoms with Crippen LogP contribution in [0.3, 0.4) is 0 Å². The average Bonchev–Trinajstić information content (AvgIpc) is 2.53. The minimum Gasteiger partial charge on any atom is -0.392 e. The van der Waals surface area contributed by atoms with Gasteiger partial charge < -0.3 is 16.2 Å². The molecule has 0 radical (unpaired) electrons. The third-order valence-corrected chi connectivity index (χ3v) is 4.07. The molecule has 0 aliphatic heterocycles. The zero-order chi connectivity index (χ0) is 17.7. The third kappa shape index (κ3) is 6.29. The van der Waals surface area contributed by atoms with Crippen LogP contribution in [0.15, 0.2) is 41.4 Å². The van der Waals surface area contributed by atoms with Gasteiger partial charge in [-0.25, -0.2) is 9.38 Å². The molecule has 0 saturated heterocycles. The Balaban J connectivity index is 0.00000312. The Labute approximate surface area is 173 Å². The zero-order valence-corrected chi connectivity index (χ0v) is 17.3. The largest absolute Gasteiger partial charge is 0.392 e. The minimum absolute atomic E-state index is 0. The molecule has 0 saturated carbocycles. The summed E-state index contributed by atoms with van der Waals surface area (Å²) in [5.74, 6) is -0.203. The van der Waals surface area contributed by atoms with Crippen LogP contribution in [0.1, 0.15) is 29.7 Å². The number of hydrogen-bond acceptors (Lipinski definition) is 2. The lowest BCUT2D eigenvalue weighted by Gasteiger charge is -2.16. The summed E-state index contributed by atoms with van der Waals surface area (Å²) >= 11 is 12.0. The summed E-state index contributed by atoms with van der Waals surface area (Å²) in [6.07, 6.45) is 0. The van der Waals surface area contributed by atoms with Crippen molar-refractivity contribution in [3.8, 4) is 0 Å². The zero-order valence-electron chi connectivity index (χ0n) is 13.5. The number of nitrogens with zero attached hydrogens (tertiary/aromatic N) is 1. The Bertz CT molecular complexity index is 759. The van der Waals surface area contributed by atoms with Gasteiger partial charge in [0.1, 0.15) is 5.82 Å². The first-order valence-electron chi connectivity index (χ1n) is 7.30. The van der Waals surface area contributed by atoms with Crippen molar-refractivity contribution in [2.24, 2.45) is 10.7 Å². The number of hydrogen-bond donors (Lipinski definition) is 3. The molecule has 4 N–H and O–H groups in total. The van der Waals surface area contributed by atoms with Crippen molar-refractivity contribution in [1.29, 1.82) is 0 Å². The molecule has 8 heteroatoms. The van der Waals surface area contributed by atoms with Crippen LogP contribution in [0.5, 0.6) is 0 Å². The monoisotopic (exact) mass is 497 g/mol. The fourth-order valence-electron chi connectivity index (χ4n) is 2.22. The van der Waals surface area contributed by atoms with Gasteiger partial charge in [0, 0.05) is 15.6 Å². The van der Waals surface area contributed by atoms with E-state index >= 15 is 0 Å². The number of nitrogens with one attached hydrogen (secondary N) is 1. The summed E-state index contributed by atoms with van der Waals surface area (Å²) in [5.41, 5.74) is 7.72. The smallest absolute Gasteiger partial charge is 0.189 e. The lowest BCUT2D eigenvalue weighted by atomic mass is 10.1. The Morgan fingerprint density at radius 2 is 2.00 bits per heavy atom. The second-order valence-corrected chi connectivity index (χ2v) is 6.16. The number of rotatable bonds is 5. The van der Waals surface area contributed by atoms with Crippen molar-refractivity contribution < 1.29 is 9.50 Å². The number of halogens is 4. The minimum atomic E-state index is -0.442. The lowest BCUT2D eigenvalue weighted by molar-refractivity contribution is 0.275. The summed E-state index contributed by atoms with van der Waals surface area (Å²) < 4.78 is 13.3. The molecule has 0 amide bonds. The molecule has 1 atom stereocenters. The summed E-state index contributed by atoms with van der Waals surface area (Å²) in [5, 5.41) is 13.2. The number of aliphatic imine (C=N–C) groups is 1. The van der Waals surface area contributed by atoms with Gasteiger partial charge in [-0.15, -0.1) is 24.0 Å². The Morgan fingerprint density at radius 1 is 1.28 bits per heavy atom. The number of nitrogens with two attached hydrogens (primary N) is 1. The summed E-state index contributed by atoms with van der Waals surface area (Å²) in [4.78, 5) is 4.22. The molecule has 0 bridgehead atoms. The molecule has 0 aliphatic carbocycles. The summed E-state index contributed by atoms with van der Waals surface area (Å²) in [6.45, 7) is 1.82. The van der Waals surface area contributed by atoms with Crippen LogP contribution < -0.4 is 11.1 Å². The van der Waals surface area contributed by atoms with Crippen LogP contribution in [0.4, 0.5) is 4.39 Å². The first-order valence-corrected chi connectivity index (χ1v) is 8.06. The van der Waals surface area contributed by atoms with Crippen molar-refractivity contribution in [2.75, 3.05) is 0 Å². The highest BCUT2D eigenvalue weighted by Crippen LogP contribution is 2.25. The van der Waals surface area contributed by atoms with Gasteiger partial charge in [-0.05, 0) is 42.3 Å². The molecule has 2 aromatic carbocycles. The van der Waals surface area contributed by atoms with E-state index in [-0.39, 0.29) is 54.7 Å². The maximum absolute atomic E-state index is 13.3. The molecule has 136 valence electrons. The molecule has 0 heterocycles. The molecule has 0 aliphatic rings. The molecule has 0 aromatic heterocycles. The first-order chi connectivity index (χ1) is 11.4. The van der Waals surface area contributed by atoms with Gasteiger partial charge in [-0.1, -0.05) is 35.3 Å². The standard InChI is InChI=1S/C17H18Cl2FN3O.HI/c1-10(14-4-3-13(18)7-15(14)19)23-17(21)22-8-11-2-5-16(20)12(6-11)9-24;/h2-7,10,24H,8-9H2,1H3,(H3,21,22,23);1H. The van der Waals surface area contributed by atoms with Crippen LogP contribution in [-0.2, 0) is 13.2 Å². The van der Waals surface area contributed by atoms with Gasteiger partial charge in [0.05, 0.1) is 19.2 Å². The SMILES string of the molecule is CC(NC(N)=NCc1ccc(F)c(CO)c1)c1ccc(Cl)cc1Cl.I. The molecule has 0 spiro atoms. The molecule has 25 heavy (non-hydrogen) atoms. The molecule has 1 unspecified atom stereocenters. The van der Waals surface area contributed by atoms with Gasteiger partial charge in [-0.3, -0.25) is 0 Å². The average molecular weight is 498 g/mol. The van der Waals surface area contributed by atoms with E-state index < -0.39 is 5.82 Å². The third-order valence-electron chi connectivity index (χ3n) is 3.51. The van der Waals surface area contributed by atoms with Crippen LogP contribution >= 0.6 is 47.2 Å². The quantitative estimate of drug-likeness (QED) is 0.325. The highest BCUT2D eigenvalue weighted by Gasteiger charge is 2.10. The highest BCUT2D eigenvalue weighted by atomic mass is 127. The van der Waals surface area contributed by atoms with Crippen molar-refractivity contribution in [2.45, 2.75) is 26.1 Å². The van der Waals surface area contributed by atoms with Gasteiger partial charge >= 0.3 is 0 Å². The number of aliphatic hydroxyl groups excluding tert-OH is 1. The fourth-order valence-corrected chi connectivity index (χ4v) is 2.79. The van der Waals surface area contributed by atoms with Crippen LogP contribution in [0, 0.1) is 5.82 Å². The second-order valence-electron chi connectivity index (χ2n) is 5.32. The van der Waals surface area contributed by atoms with Crippen LogP contribution in [0.2, 0.25) is 10.0 Å². The normalized spacial score (nSPS) is 12.4. The van der Waals surface area contributed by atoms with E-state index in [1.807, 2.05) is 13.0 Å². The number of guanidine groups is 1. The molecule has 2 rings (SSSR count). The van der Waals surface area contributed by atoms with E-state index in [4.69, 9.17) is 34.0 Å². The highest BCUT2D eigenvalue weighted by molar-refractivity contribution is 14.0. The van der Waals surface area contributed by atoms with Crippen LogP contribution in [-0.4, -0.2) is 11.1 Å². The predicted molar refractivity (Wildman–Crippen MR) is 111 cm³/mol. The predicted octanol–water partition coefficient (Wildman–Crippen LogP) is 4.41. The molecular weight excluding hydrogens is 479 g/mol. The fraction of sp³-hybridized carbons (Fsp3) is 0.235. The Morgan fingerprint density at radius 3 is 2.64 bits per heavy atom. The molecule has 2 aromatic rings.